The Kier molecular flexibility index (Phi) is 7.82. The number of benzene rings is 2. The van der Waals surface area contributed by atoms with Gasteiger partial charge < -0.3 is 5.32 Å². The van der Waals surface area contributed by atoms with E-state index in [1.807, 2.05) is 61.5 Å². The molecule has 4 nitrogen and oxygen atoms in total. The van der Waals surface area contributed by atoms with Gasteiger partial charge in [0.05, 0.1) is 4.91 Å². The molecule has 1 saturated heterocycles. The highest BCUT2D eigenvalue weighted by Crippen LogP contribution is 2.32. The number of carbonyl (C=O) groups is 2. The molecule has 3 rings (SSSR count). The fraction of sp³-hybridized carbons (Fsp3) is 0.292. The van der Waals surface area contributed by atoms with Crippen LogP contribution in [-0.2, 0) is 9.59 Å². The first-order valence-electron chi connectivity index (χ1n) is 10.1. The van der Waals surface area contributed by atoms with E-state index in [0.717, 1.165) is 36.1 Å². The number of nitrogens with one attached hydrogen (secondary N) is 1. The maximum atomic E-state index is 12.6. The zero-order chi connectivity index (χ0) is 21.5. The van der Waals surface area contributed by atoms with Gasteiger partial charge in [-0.2, -0.15) is 0 Å². The van der Waals surface area contributed by atoms with Crippen molar-refractivity contribution in [3.63, 3.8) is 0 Å². The van der Waals surface area contributed by atoms with Crippen molar-refractivity contribution in [1.29, 1.82) is 0 Å². The van der Waals surface area contributed by atoms with Crippen LogP contribution >= 0.6 is 24.0 Å². The number of hydrogen-bond donors (Lipinski definition) is 1. The van der Waals surface area contributed by atoms with Crippen molar-refractivity contribution in [1.82, 2.24) is 4.90 Å². The fourth-order valence-electron chi connectivity index (χ4n) is 3.17. The number of anilines is 1. The van der Waals surface area contributed by atoms with Gasteiger partial charge in [-0.1, -0.05) is 66.8 Å². The monoisotopic (exact) mass is 438 g/mol. The van der Waals surface area contributed by atoms with Gasteiger partial charge in [0.2, 0.25) is 5.91 Å². The molecule has 0 bridgehead atoms. The number of rotatable bonds is 8. The molecule has 6 heteroatoms. The van der Waals surface area contributed by atoms with Crippen LogP contribution in [0.25, 0.3) is 6.08 Å². The zero-order valence-electron chi connectivity index (χ0n) is 17.3. The molecule has 2 aromatic rings. The maximum Gasteiger partial charge on any atom is 0.266 e. The molecular formula is C24H26N2O2S2. The molecule has 1 fully saturated rings. The van der Waals surface area contributed by atoms with Gasteiger partial charge >= 0.3 is 0 Å². The lowest BCUT2D eigenvalue weighted by Crippen LogP contribution is -2.29. The summed E-state index contributed by atoms with van der Waals surface area (Å²) in [5.41, 5.74) is 4.21. The van der Waals surface area contributed by atoms with Gasteiger partial charge in [0.1, 0.15) is 4.32 Å². The summed E-state index contributed by atoms with van der Waals surface area (Å²) in [6.45, 7) is 4.68. The van der Waals surface area contributed by atoms with Crippen molar-refractivity contribution < 1.29 is 9.59 Å². The number of amides is 2. The van der Waals surface area contributed by atoms with Gasteiger partial charge in [0.15, 0.2) is 0 Å². The van der Waals surface area contributed by atoms with E-state index in [0.29, 0.717) is 22.2 Å². The maximum absolute atomic E-state index is 12.6. The second-order valence-electron chi connectivity index (χ2n) is 7.40. The van der Waals surface area contributed by atoms with Gasteiger partial charge in [-0.3, -0.25) is 14.5 Å². The molecular weight excluding hydrogens is 412 g/mol. The number of aryl methyl sites for hydroxylation is 2. The molecule has 1 heterocycles. The van der Waals surface area contributed by atoms with E-state index in [4.69, 9.17) is 12.2 Å². The molecule has 0 spiro atoms. The first-order valence-corrected chi connectivity index (χ1v) is 11.3. The van der Waals surface area contributed by atoms with Crippen LogP contribution in [0.5, 0.6) is 0 Å². The number of carbonyl (C=O) groups excluding carboxylic acids is 2. The Hall–Kier alpha value is -2.44. The molecule has 2 aromatic carbocycles. The second kappa shape index (κ2) is 10.5. The Labute approximate surface area is 187 Å². The van der Waals surface area contributed by atoms with E-state index in [1.54, 1.807) is 4.90 Å². The zero-order valence-corrected chi connectivity index (χ0v) is 18.9. The van der Waals surface area contributed by atoms with Crippen LogP contribution in [0.1, 0.15) is 42.4 Å². The Morgan fingerprint density at radius 1 is 1.07 bits per heavy atom. The number of nitrogens with zero attached hydrogens (tertiary/aromatic N) is 1. The Balaban J connectivity index is 1.40. The second-order valence-corrected chi connectivity index (χ2v) is 9.08. The molecule has 0 radical (unpaired) electrons. The number of thioether (sulfide) groups is 1. The lowest BCUT2D eigenvalue weighted by Gasteiger charge is -2.14. The molecule has 0 saturated carbocycles. The Bertz CT molecular complexity index is 970. The smallest absolute Gasteiger partial charge is 0.266 e. The Morgan fingerprint density at radius 3 is 2.57 bits per heavy atom. The van der Waals surface area contributed by atoms with Gasteiger partial charge in [-0.15, -0.1) is 0 Å². The Morgan fingerprint density at radius 2 is 1.83 bits per heavy atom. The highest BCUT2D eigenvalue weighted by atomic mass is 32.2. The SMILES string of the molecule is Cc1ccc(NC(=O)CCCCCN2C(=O)C(=Cc3ccccc3)SC2=S)cc1C. The summed E-state index contributed by atoms with van der Waals surface area (Å²) in [6, 6.07) is 15.7. The molecule has 1 N–H and O–H groups in total. The molecule has 156 valence electrons. The predicted octanol–water partition coefficient (Wildman–Crippen LogP) is 5.70. The average Bonchev–Trinajstić information content (AvgIpc) is 2.98. The summed E-state index contributed by atoms with van der Waals surface area (Å²) in [6.07, 6.45) is 4.83. The molecule has 1 aliphatic rings. The average molecular weight is 439 g/mol. The third-order valence-electron chi connectivity index (χ3n) is 5.05. The minimum Gasteiger partial charge on any atom is -0.326 e. The van der Waals surface area contributed by atoms with Crippen molar-refractivity contribution in [3.8, 4) is 0 Å². The van der Waals surface area contributed by atoms with Gasteiger partial charge in [-0.25, -0.2) is 0 Å². The van der Waals surface area contributed by atoms with E-state index in [2.05, 4.69) is 12.2 Å². The van der Waals surface area contributed by atoms with Gasteiger partial charge in [0, 0.05) is 18.7 Å². The van der Waals surface area contributed by atoms with E-state index in [9.17, 15) is 9.59 Å². The summed E-state index contributed by atoms with van der Waals surface area (Å²) >= 11 is 6.74. The summed E-state index contributed by atoms with van der Waals surface area (Å²) in [4.78, 5) is 27.1. The largest absolute Gasteiger partial charge is 0.326 e. The minimum absolute atomic E-state index is 0.0228. The van der Waals surface area contributed by atoms with Gasteiger partial charge in [0.25, 0.3) is 5.91 Å². The lowest BCUT2D eigenvalue weighted by molar-refractivity contribution is -0.122. The summed E-state index contributed by atoms with van der Waals surface area (Å²) in [5.74, 6) is -0.00371. The number of thiocarbonyl (C=S) groups is 1. The molecule has 1 aliphatic heterocycles. The standard InChI is InChI=1S/C24H26N2O2S2/c1-17-12-13-20(15-18(17)2)25-22(27)11-7-4-8-14-26-23(28)21(30-24(26)29)16-19-9-5-3-6-10-19/h3,5-6,9-10,12-13,15-16H,4,7-8,11,14H2,1-2H3,(H,25,27). The fourth-order valence-corrected chi connectivity index (χ4v) is 4.48. The van der Waals surface area contributed by atoms with Crippen molar-refractivity contribution in [2.24, 2.45) is 0 Å². The highest BCUT2D eigenvalue weighted by Gasteiger charge is 2.31. The summed E-state index contributed by atoms with van der Waals surface area (Å²) < 4.78 is 0.606. The van der Waals surface area contributed by atoms with Crippen LogP contribution in [0.4, 0.5) is 5.69 Å². The molecule has 30 heavy (non-hydrogen) atoms. The normalized spacial score (nSPS) is 15.1. The molecule has 0 unspecified atom stereocenters. The quantitative estimate of drug-likeness (QED) is 0.326. The van der Waals surface area contributed by atoms with E-state index in [-0.39, 0.29) is 11.8 Å². The minimum atomic E-state index is -0.0265. The van der Waals surface area contributed by atoms with E-state index < -0.39 is 0 Å². The molecule has 0 atom stereocenters. The number of unbranched alkanes of at least 4 members (excludes halogenated alkanes) is 2. The van der Waals surface area contributed by atoms with Crippen molar-refractivity contribution in [2.45, 2.75) is 39.5 Å². The van der Waals surface area contributed by atoms with Crippen molar-refractivity contribution >= 4 is 51.9 Å². The van der Waals surface area contributed by atoms with Crippen LogP contribution in [-0.4, -0.2) is 27.6 Å². The molecule has 0 aliphatic carbocycles. The third-order valence-corrected chi connectivity index (χ3v) is 6.42. The molecule has 0 aromatic heterocycles. The predicted molar refractivity (Wildman–Crippen MR) is 129 cm³/mol. The van der Waals surface area contributed by atoms with Crippen LogP contribution in [0.15, 0.2) is 53.4 Å². The third kappa shape index (κ3) is 6.03. The van der Waals surface area contributed by atoms with Crippen LogP contribution in [0, 0.1) is 13.8 Å². The lowest BCUT2D eigenvalue weighted by atomic mass is 10.1. The van der Waals surface area contributed by atoms with Gasteiger partial charge in [-0.05, 0) is 61.6 Å². The van der Waals surface area contributed by atoms with Crippen LogP contribution < -0.4 is 5.32 Å². The van der Waals surface area contributed by atoms with Crippen molar-refractivity contribution in [3.05, 3.63) is 70.1 Å². The summed E-state index contributed by atoms with van der Waals surface area (Å²) in [5, 5.41) is 2.95. The van der Waals surface area contributed by atoms with Crippen LogP contribution in [0.3, 0.4) is 0 Å². The van der Waals surface area contributed by atoms with E-state index >= 15 is 0 Å². The number of hydrogen-bond acceptors (Lipinski definition) is 4. The highest BCUT2D eigenvalue weighted by molar-refractivity contribution is 8.26. The summed E-state index contributed by atoms with van der Waals surface area (Å²) in [7, 11) is 0. The first kappa shape index (κ1) is 22.2. The topological polar surface area (TPSA) is 49.4 Å². The van der Waals surface area contributed by atoms with Crippen molar-refractivity contribution in [2.75, 3.05) is 11.9 Å². The van der Waals surface area contributed by atoms with E-state index in [1.165, 1.54) is 17.3 Å². The van der Waals surface area contributed by atoms with Crippen LogP contribution in [0.2, 0.25) is 0 Å². The first-order chi connectivity index (χ1) is 14.4. The molecule has 2 amide bonds.